The Hall–Kier alpha value is -4.00. The minimum absolute atomic E-state index is 0.315. The van der Waals surface area contributed by atoms with Crippen LogP contribution in [0, 0.1) is 0 Å². The lowest BCUT2D eigenvalue weighted by Gasteiger charge is -2.35. The highest BCUT2D eigenvalue weighted by Crippen LogP contribution is 2.35. The van der Waals surface area contributed by atoms with Crippen molar-refractivity contribution in [2.45, 2.75) is 31.1 Å². The lowest BCUT2D eigenvalue weighted by atomic mass is 10.1. The number of ether oxygens (including phenoxy) is 2. The third-order valence-electron chi connectivity index (χ3n) is 5.35. The number of esters is 2. The Balaban J connectivity index is 1.62. The molecule has 1 aliphatic rings. The Morgan fingerprint density at radius 1 is 0.812 bits per heavy atom. The molecule has 32 heavy (non-hydrogen) atoms. The Bertz CT molecular complexity index is 1030. The predicted octanol–water partition coefficient (Wildman–Crippen LogP) is 3.77. The second-order valence-corrected chi connectivity index (χ2v) is 7.49. The van der Waals surface area contributed by atoms with E-state index < -0.39 is 29.7 Å². The zero-order valence-electron chi connectivity index (χ0n) is 17.3. The molecule has 0 radical (unpaired) electrons. The van der Waals surface area contributed by atoms with Crippen molar-refractivity contribution in [1.82, 2.24) is 10.3 Å². The summed E-state index contributed by atoms with van der Waals surface area (Å²) in [5, 5.41) is 2.83. The minimum atomic E-state index is -1.49. The largest absolute Gasteiger partial charge is 0.452 e. The number of aromatic nitrogens is 1. The normalized spacial score (nSPS) is 19.7. The Morgan fingerprint density at radius 2 is 1.41 bits per heavy atom. The second-order valence-electron chi connectivity index (χ2n) is 7.49. The van der Waals surface area contributed by atoms with E-state index in [1.807, 2.05) is 0 Å². The summed E-state index contributed by atoms with van der Waals surface area (Å²) in [5.41, 5.74) is -0.416. The van der Waals surface area contributed by atoms with E-state index in [-0.39, 0.29) is 0 Å². The highest BCUT2D eigenvalue weighted by molar-refractivity contribution is 5.95. The maximum absolute atomic E-state index is 13.0. The van der Waals surface area contributed by atoms with Crippen molar-refractivity contribution in [3.05, 3.63) is 102 Å². The Labute approximate surface area is 185 Å². The molecular formula is C25H22N2O5. The van der Waals surface area contributed by atoms with Crippen molar-refractivity contribution in [2.24, 2.45) is 0 Å². The molecule has 2 aromatic carbocycles. The molecule has 0 spiro atoms. The smallest absolute Gasteiger partial charge is 0.340 e. The maximum Gasteiger partial charge on any atom is 0.340 e. The van der Waals surface area contributed by atoms with Crippen LogP contribution in [0.15, 0.2) is 85.2 Å². The van der Waals surface area contributed by atoms with Crippen LogP contribution >= 0.6 is 0 Å². The van der Waals surface area contributed by atoms with E-state index in [9.17, 15) is 14.4 Å². The second kappa shape index (κ2) is 9.43. The van der Waals surface area contributed by atoms with Gasteiger partial charge in [0.25, 0.3) is 5.91 Å². The van der Waals surface area contributed by atoms with Gasteiger partial charge in [-0.2, -0.15) is 0 Å². The van der Waals surface area contributed by atoms with Gasteiger partial charge < -0.3 is 14.8 Å². The van der Waals surface area contributed by atoms with Crippen molar-refractivity contribution in [3.63, 3.8) is 0 Å². The molecule has 1 amide bonds. The van der Waals surface area contributed by atoms with Crippen molar-refractivity contribution >= 4 is 17.8 Å². The Kier molecular flexibility index (Phi) is 6.26. The summed E-state index contributed by atoms with van der Waals surface area (Å²) in [6.45, 7) is 0. The van der Waals surface area contributed by atoms with Crippen LogP contribution in [0.2, 0.25) is 0 Å². The van der Waals surface area contributed by atoms with E-state index in [1.165, 1.54) is 12.4 Å². The average molecular weight is 430 g/mol. The lowest BCUT2D eigenvalue weighted by molar-refractivity contribution is -0.0943. The molecule has 0 aliphatic heterocycles. The number of rotatable bonds is 6. The molecule has 7 heteroatoms. The van der Waals surface area contributed by atoms with E-state index in [2.05, 4.69) is 10.3 Å². The molecule has 2 unspecified atom stereocenters. The number of nitrogens with one attached hydrogen (secondary N) is 1. The van der Waals surface area contributed by atoms with Crippen molar-refractivity contribution in [2.75, 3.05) is 0 Å². The van der Waals surface area contributed by atoms with Gasteiger partial charge in [-0.3, -0.25) is 9.78 Å². The van der Waals surface area contributed by atoms with Gasteiger partial charge in [0.1, 0.15) is 0 Å². The van der Waals surface area contributed by atoms with Crippen LogP contribution in [-0.2, 0) is 9.47 Å². The zero-order valence-corrected chi connectivity index (χ0v) is 17.3. The number of benzene rings is 2. The average Bonchev–Trinajstić information content (AvgIpc) is 3.21. The van der Waals surface area contributed by atoms with E-state index >= 15 is 0 Å². The first-order valence-electron chi connectivity index (χ1n) is 10.3. The first-order valence-corrected chi connectivity index (χ1v) is 10.3. The molecule has 0 saturated heterocycles. The molecular weight excluding hydrogens is 408 g/mol. The topological polar surface area (TPSA) is 94.6 Å². The number of carbonyl (C=O) groups excluding carboxylic acids is 3. The van der Waals surface area contributed by atoms with Crippen LogP contribution < -0.4 is 5.32 Å². The van der Waals surface area contributed by atoms with Crippen LogP contribution in [0.5, 0.6) is 0 Å². The standard InChI is InChI=1S/C25H22N2O5/c28-22(18-13-16-26-17-14-18)27-25(32-24(30)20-10-5-2-6-11-20)15-7-12-21(25)31-23(29)19-8-3-1-4-9-19/h1-6,8-11,13-14,16-17,21H,7,12,15H2,(H,27,28). The molecule has 1 heterocycles. The van der Waals surface area contributed by atoms with Crippen molar-refractivity contribution < 1.29 is 23.9 Å². The fourth-order valence-electron chi connectivity index (χ4n) is 3.72. The summed E-state index contributed by atoms with van der Waals surface area (Å²) in [6, 6.07) is 20.2. The van der Waals surface area contributed by atoms with E-state index in [0.717, 1.165) is 0 Å². The van der Waals surface area contributed by atoms with E-state index in [1.54, 1.807) is 72.8 Å². The molecule has 1 fully saturated rings. The summed E-state index contributed by atoms with van der Waals surface area (Å²) in [4.78, 5) is 42.5. The van der Waals surface area contributed by atoms with Crippen LogP contribution in [0.4, 0.5) is 0 Å². The predicted molar refractivity (Wildman–Crippen MR) is 116 cm³/mol. The van der Waals surface area contributed by atoms with Gasteiger partial charge in [-0.1, -0.05) is 36.4 Å². The molecule has 1 aliphatic carbocycles. The third-order valence-corrected chi connectivity index (χ3v) is 5.35. The summed E-state index contributed by atoms with van der Waals surface area (Å²) in [7, 11) is 0. The van der Waals surface area contributed by atoms with Crippen LogP contribution in [0.25, 0.3) is 0 Å². The molecule has 4 rings (SSSR count). The van der Waals surface area contributed by atoms with Gasteiger partial charge in [0, 0.05) is 24.4 Å². The first-order chi connectivity index (χ1) is 15.6. The number of amides is 1. The number of pyridine rings is 1. The third kappa shape index (κ3) is 4.67. The van der Waals surface area contributed by atoms with Crippen LogP contribution in [-0.4, -0.2) is 34.7 Å². The minimum Gasteiger partial charge on any atom is -0.452 e. The lowest BCUT2D eigenvalue weighted by Crippen LogP contribution is -2.57. The molecule has 3 aromatic rings. The van der Waals surface area contributed by atoms with Gasteiger partial charge in [-0.15, -0.1) is 0 Å². The maximum atomic E-state index is 13.0. The van der Waals surface area contributed by atoms with Crippen LogP contribution in [0.1, 0.15) is 50.3 Å². The highest BCUT2D eigenvalue weighted by atomic mass is 16.6. The zero-order chi connectivity index (χ0) is 22.4. The highest BCUT2D eigenvalue weighted by Gasteiger charge is 2.50. The molecule has 1 aromatic heterocycles. The summed E-state index contributed by atoms with van der Waals surface area (Å²) < 4.78 is 11.6. The Morgan fingerprint density at radius 3 is 2.03 bits per heavy atom. The van der Waals surface area contributed by atoms with Gasteiger partial charge >= 0.3 is 11.9 Å². The van der Waals surface area contributed by atoms with Crippen LogP contribution in [0.3, 0.4) is 0 Å². The number of hydrogen-bond acceptors (Lipinski definition) is 6. The van der Waals surface area contributed by atoms with Gasteiger partial charge in [-0.05, 0) is 49.2 Å². The number of nitrogens with zero attached hydrogens (tertiary/aromatic N) is 1. The summed E-state index contributed by atoms with van der Waals surface area (Å²) in [5.74, 6) is -1.60. The molecule has 162 valence electrons. The number of hydrogen-bond donors (Lipinski definition) is 1. The molecule has 1 saturated carbocycles. The van der Waals surface area contributed by atoms with Gasteiger partial charge in [0.15, 0.2) is 6.10 Å². The quantitative estimate of drug-likeness (QED) is 0.473. The monoisotopic (exact) mass is 430 g/mol. The summed E-state index contributed by atoms with van der Waals surface area (Å²) >= 11 is 0. The number of carbonyl (C=O) groups is 3. The SMILES string of the molecule is O=C(NC1(OC(=O)c2ccccc2)CCCC1OC(=O)c1ccccc1)c1ccncc1. The van der Waals surface area contributed by atoms with Crippen molar-refractivity contribution in [3.8, 4) is 0 Å². The first kappa shape index (κ1) is 21.2. The molecule has 7 nitrogen and oxygen atoms in total. The van der Waals surface area contributed by atoms with E-state index in [4.69, 9.17) is 9.47 Å². The van der Waals surface area contributed by atoms with Gasteiger partial charge in [-0.25, -0.2) is 9.59 Å². The van der Waals surface area contributed by atoms with Crippen molar-refractivity contribution in [1.29, 1.82) is 0 Å². The molecule has 1 N–H and O–H groups in total. The fraction of sp³-hybridized carbons (Fsp3) is 0.200. The molecule has 2 atom stereocenters. The van der Waals surface area contributed by atoms with Gasteiger partial charge in [0.2, 0.25) is 5.72 Å². The van der Waals surface area contributed by atoms with E-state index in [0.29, 0.717) is 36.0 Å². The van der Waals surface area contributed by atoms with Gasteiger partial charge in [0.05, 0.1) is 11.1 Å². The summed E-state index contributed by atoms with van der Waals surface area (Å²) in [6.07, 6.45) is 3.52. The molecule has 0 bridgehead atoms. The fourth-order valence-corrected chi connectivity index (χ4v) is 3.72.